The number of carboxylic acid groups (broad SMARTS) is 1. The largest absolute Gasteiger partial charge is 0.481 e. The van der Waals surface area contributed by atoms with E-state index in [9.17, 15) is 13.2 Å². The van der Waals surface area contributed by atoms with Gasteiger partial charge >= 0.3 is 5.97 Å². The van der Waals surface area contributed by atoms with E-state index in [2.05, 4.69) is 47.9 Å². The zero-order valence-corrected chi connectivity index (χ0v) is 16.3. The molecule has 0 radical (unpaired) electrons. The molecule has 1 aromatic carbocycles. The van der Waals surface area contributed by atoms with E-state index in [1.807, 2.05) is 0 Å². The molecule has 0 amide bonds. The standard InChI is InChI=1S/C19H28N2O4S/c1-14(2)16-5-3-15(4-6-16)11-21-10-9-20(8-7-19(22)23)17-12-26(24,25)13-18(17)21/h3-6,14,17-18H,7-13H2,1-2H3,(H,22,23)/t17-,18+/m1/s1. The molecule has 26 heavy (non-hydrogen) atoms. The topological polar surface area (TPSA) is 77.9 Å². The lowest BCUT2D eigenvalue weighted by Crippen LogP contribution is -2.58. The maximum Gasteiger partial charge on any atom is 0.304 e. The van der Waals surface area contributed by atoms with E-state index in [0.29, 0.717) is 19.0 Å². The number of piperazine rings is 1. The summed E-state index contributed by atoms with van der Waals surface area (Å²) in [6, 6.07) is 8.41. The molecule has 0 bridgehead atoms. The molecule has 2 heterocycles. The monoisotopic (exact) mass is 380 g/mol. The molecule has 6 nitrogen and oxygen atoms in total. The summed E-state index contributed by atoms with van der Waals surface area (Å²) in [5.74, 6) is -0.0352. The van der Waals surface area contributed by atoms with E-state index < -0.39 is 15.8 Å². The highest BCUT2D eigenvalue weighted by Crippen LogP contribution is 2.28. The lowest BCUT2D eigenvalue weighted by molar-refractivity contribution is -0.137. The van der Waals surface area contributed by atoms with Crippen LogP contribution in [0.15, 0.2) is 24.3 Å². The average Bonchev–Trinajstić information content (AvgIpc) is 2.90. The second-order valence-corrected chi connectivity index (χ2v) is 9.91. The summed E-state index contributed by atoms with van der Waals surface area (Å²) >= 11 is 0. The number of carboxylic acids is 1. The number of nitrogens with zero attached hydrogens (tertiary/aromatic N) is 2. The van der Waals surface area contributed by atoms with Crippen molar-refractivity contribution >= 4 is 15.8 Å². The fourth-order valence-corrected chi connectivity index (χ4v) is 6.09. The third kappa shape index (κ3) is 4.45. The van der Waals surface area contributed by atoms with E-state index in [-0.39, 0.29) is 30.0 Å². The van der Waals surface area contributed by atoms with Gasteiger partial charge in [-0.1, -0.05) is 38.1 Å². The Kier molecular flexibility index (Phi) is 5.69. The van der Waals surface area contributed by atoms with Crippen molar-refractivity contribution in [3.05, 3.63) is 35.4 Å². The molecule has 2 aliphatic heterocycles. The van der Waals surface area contributed by atoms with Crippen molar-refractivity contribution in [1.29, 1.82) is 0 Å². The summed E-state index contributed by atoms with van der Waals surface area (Å²) in [6.45, 7) is 6.97. The normalized spacial score (nSPS) is 26.1. The molecule has 2 saturated heterocycles. The van der Waals surface area contributed by atoms with Gasteiger partial charge in [0.2, 0.25) is 0 Å². The lowest BCUT2D eigenvalue weighted by atomic mass is 10.00. The summed E-state index contributed by atoms with van der Waals surface area (Å²) in [4.78, 5) is 15.2. The van der Waals surface area contributed by atoms with Crippen molar-refractivity contribution < 1.29 is 18.3 Å². The Bertz CT molecular complexity index is 745. The fraction of sp³-hybridized carbons (Fsp3) is 0.632. The molecule has 0 saturated carbocycles. The van der Waals surface area contributed by atoms with Crippen LogP contribution < -0.4 is 0 Å². The predicted octanol–water partition coefficient (Wildman–Crippen LogP) is 1.57. The van der Waals surface area contributed by atoms with Crippen LogP contribution in [0.25, 0.3) is 0 Å². The maximum atomic E-state index is 12.2. The summed E-state index contributed by atoms with van der Waals surface area (Å²) in [5, 5.41) is 8.94. The molecule has 0 unspecified atom stereocenters. The Morgan fingerprint density at radius 3 is 2.27 bits per heavy atom. The van der Waals surface area contributed by atoms with Crippen LogP contribution >= 0.6 is 0 Å². The molecule has 0 aromatic heterocycles. The third-order valence-electron chi connectivity index (χ3n) is 5.55. The summed E-state index contributed by atoms with van der Waals surface area (Å²) in [5.41, 5.74) is 2.49. The lowest BCUT2D eigenvalue weighted by Gasteiger charge is -2.43. The van der Waals surface area contributed by atoms with Crippen molar-refractivity contribution in [2.75, 3.05) is 31.1 Å². The number of rotatable bonds is 6. The first kappa shape index (κ1) is 19.3. The number of sulfone groups is 1. The zero-order chi connectivity index (χ0) is 18.9. The fourth-order valence-electron chi connectivity index (χ4n) is 4.05. The van der Waals surface area contributed by atoms with Gasteiger partial charge in [0.05, 0.1) is 17.9 Å². The van der Waals surface area contributed by atoms with Crippen molar-refractivity contribution in [1.82, 2.24) is 9.80 Å². The first-order valence-electron chi connectivity index (χ1n) is 9.24. The van der Waals surface area contributed by atoms with Gasteiger partial charge in [-0.25, -0.2) is 8.42 Å². The molecule has 144 valence electrons. The van der Waals surface area contributed by atoms with Crippen LogP contribution in [-0.2, 0) is 21.2 Å². The van der Waals surface area contributed by atoms with Gasteiger partial charge in [0.25, 0.3) is 0 Å². The summed E-state index contributed by atoms with van der Waals surface area (Å²) in [6.07, 6.45) is 0.0555. The third-order valence-corrected chi connectivity index (χ3v) is 7.25. The van der Waals surface area contributed by atoms with E-state index in [4.69, 9.17) is 5.11 Å². The minimum Gasteiger partial charge on any atom is -0.481 e. The predicted molar refractivity (Wildman–Crippen MR) is 101 cm³/mol. The molecule has 3 rings (SSSR count). The second-order valence-electron chi connectivity index (χ2n) is 7.76. The van der Waals surface area contributed by atoms with Gasteiger partial charge in [0.15, 0.2) is 9.84 Å². The average molecular weight is 381 g/mol. The van der Waals surface area contributed by atoms with Crippen LogP contribution in [0.4, 0.5) is 0 Å². The molecule has 0 spiro atoms. The van der Waals surface area contributed by atoms with Gasteiger partial charge in [-0.15, -0.1) is 0 Å². The Hall–Kier alpha value is -1.44. The number of benzene rings is 1. The van der Waals surface area contributed by atoms with E-state index >= 15 is 0 Å². The number of hydrogen-bond donors (Lipinski definition) is 1. The van der Waals surface area contributed by atoms with Gasteiger partial charge in [0, 0.05) is 38.3 Å². The number of fused-ring (bicyclic) bond motifs is 1. The Morgan fingerprint density at radius 1 is 1.12 bits per heavy atom. The van der Waals surface area contributed by atoms with Crippen LogP contribution in [0.3, 0.4) is 0 Å². The quantitative estimate of drug-likeness (QED) is 0.807. The second kappa shape index (κ2) is 7.66. The van der Waals surface area contributed by atoms with Crippen LogP contribution in [0.5, 0.6) is 0 Å². The van der Waals surface area contributed by atoms with Crippen LogP contribution in [-0.4, -0.2) is 72.5 Å². The molecule has 2 aliphatic rings. The molecule has 1 N–H and O–H groups in total. The van der Waals surface area contributed by atoms with Gasteiger partial charge in [0.1, 0.15) is 0 Å². The summed E-state index contributed by atoms with van der Waals surface area (Å²) in [7, 11) is -3.07. The SMILES string of the molecule is CC(C)c1ccc(CN2CCN(CCC(=O)O)[C@@H]3CS(=O)(=O)C[C@@H]32)cc1. The minimum atomic E-state index is -3.07. The Morgan fingerprint density at radius 2 is 1.69 bits per heavy atom. The van der Waals surface area contributed by atoms with Crippen LogP contribution in [0, 0.1) is 0 Å². The zero-order valence-electron chi connectivity index (χ0n) is 15.5. The van der Waals surface area contributed by atoms with E-state index in [1.165, 1.54) is 11.1 Å². The highest BCUT2D eigenvalue weighted by atomic mass is 32.2. The number of hydrogen-bond acceptors (Lipinski definition) is 5. The van der Waals surface area contributed by atoms with Gasteiger partial charge < -0.3 is 5.11 Å². The van der Waals surface area contributed by atoms with Crippen molar-refractivity contribution in [2.24, 2.45) is 0 Å². The van der Waals surface area contributed by atoms with Crippen molar-refractivity contribution in [3.63, 3.8) is 0 Å². The Labute approximate surface area is 155 Å². The molecular weight excluding hydrogens is 352 g/mol. The molecule has 2 atom stereocenters. The van der Waals surface area contributed by atoms with E-state index in [1.54, 1.807) is 0 Å². The number of carbonyl (C=O) groups is 1. The first-order valence-corrected chi connectivity index (χ1v) is 11.1. The highest BCUT2D eigenvalue weighted by Gasteiger charge is 2.46. The van der Waals surface area contributed by atoms with Crippen LogP contribution in [0.2, 0.25) is 0 Å². The van der Waals surface area contributed by atoms with Crippen molar-refractivity contribution in [3.8, 4) is 0 Å². The van der Waals surface area contributed by atoms with Gasteiger partial charge in [-0.2, -0.15) is 0 Å². The van der Waals surface area contributed by atoms with Gasteiger partial charge in [-0.05, 0) is 17.0 Å². The number of aliphatic carboxylic acids is 1. The molecule has 0 aliphatic carbocycles. The minimum absolute atomic E-state index is 0.0488. The maximum absolute atomic E-state index is 12.2. The van der Waals surface area contributed by atoms with Gasteiger partial charge in [-0.3, -0.25) is 14.6 Å². The highest BCUT2D eigenvalue weighted by molar-refractivity contribution is 7.91. The van der Waals surface area contributed by atoms with E-state index in [0.717, 1.165) is 13.1 Å². The first-order chi connectivity index (χ1) is 12.2. The molecule has 2 fully saturated rings. The molecular formula is C19H28N2O4S. The van der Waals surface area contributed by atoms with Crippen LogP contribution in [0.1, 0.15) is 37.3 Å². The smallest absolute Gasteiger partial charge is 0.304 e. The Balaban J connectivity index is 1.72. The van der Waals surface area contributed by atoms with Crippen molar-refractivity contribution in [2.45, 2.75) is 44.8 Å². The molecule has 7 heteroatoms. The summed E-state index contributed by atoms with van der Waals surface area (Å²) < 4.78 is 24.5. The molecule has 1 aromatic rings.